The van der Waals surface area contributed by atoms with Crippen LogP contribution in [0.1, 0.15) is 31.2 Å². The Hall–Kier alpha value is -1.92. The fourth-order valence-electron chi connectivity index (χ4n) is 4.66. The first-order valence-electron chi connectivity index (χ1n) is 9.69. The predicted octanol–water partition coefficient (Wildman–Crippen LogP) is 1.70. The average molecular weight is 357 g/mol. The van der Waals surface area contributed by atoms with Crippen molar-refractivity contribution in [2.24, 2.45) is 5.92 Å². The van der Waals surface area contributed by atoms with E-state index in [4.69, 9.17) is 4.74 Å². The number of piperidine rings is 1. The smallest absolute Gasteiger partial charge is 0.325 e. The minimum atomic E-state index is -0.821. The van der Waals surface area contributed by atoms with Gasteiger partial charge in [-0.1, -0.05) is 30.3 Å². The first-order chi connectivity index (χ1) is 12.7. The molecule has 1 aromatic carbocycles. The van der Waals surface area contributed by atoms with Gasteiger partial charge in [0.15, 0.2) is 0 Å². The largest absolute Gasteiger partial charge is 0.381 e. The zero-order valence-corrected chi connectivity index (χ0v) is 15.1. The molecule has 4 rings (SSSR count). The molecule has 0 aliphatic carbocycles. The molecular weight excluding hydrogens is 330 g/mol. The van der Waals surface area contributed by atoms with Crippen molar-refractivity contribution in [3.05, 3.63) is 35.9 Å². The van der Waals surface area contributed by atoms with E-state index in [-0.39, 0.29) is 23.9 Å². The molecule has 0 aromatic heterocycles. The Morgan fingerprint density at radius 3 is 2.42 bits per heavy atom. The Kier molecular flexibility index (Phi) is 4.96. The van der Waals surface area contributed by atoms with Crippen LogP contribution in [-0.4, -0.2) is 54.7 Å². The number of ether oxygens (including phenoxy) is 1. The molecule has 26 heavy (non-hydrogen) atoms. The molecule has 6 heteroatoms. The molecule has 0 spiro atoms. The van der Waals surface area contributed by atoms with Gasteiger partial charge in [0.25, 0.3) is 5.91 Å². The minimum Gasteiger partial charge on any atom is -0.381 e. The fourth-order valence-corrected chi connectivity index (χ4v) is 4.66. The number of nitrogens with one attached hydrogen (secondary N) is 2. The van der Waals surface area contributed by atoms with E-state index in [1.54, 1.807) is 0 Å². The van der Waals surface area contributed by atoms with Gasteiger partial charge in [-0.05, 0) is 50.3 Å². The highest BCUT2D eigenvalue weighted by Gasteiger charge is 2.57. The number of hydrogen-bond acceptors (Lipinski definition) is 4. The second-order valence-electron chi connectivity index (χ2n) is 7.61. The maximum Gasteiger partial charge on any atom is 0.325 e. The van der Waals surface area contributed by atoms with Crippen LogP contribution >= 0.6 is 0 Å². The third-order valence-electron chi connectivity index (χ3n) is 6.07. The molecule has 3 saturated heterocycles. The van der Waals surface area contributed by atoms with Crippen molar-refractivity contribution < 1.29 is 14.3 Å². The first kappa shape index (κ1) is 17.5. The molecule has 2 N–H and O–H groups in total. The SMILES string of the molecule is O=C1NC(Cc2ccccc2)(C2CCNCC2)C(=O)N1C1CCOCC1. The monoisotopic (exact) mass is 357 g/mol. The molecule has 140 valence electrons. The molecule has 6 nitrogen and oxygen atoms in total. The van der Waals surface area contributed by atoms with Crippen LogP contribution < -0.4 is 10.6 Å². The lowest BCUT2D eigenvalue weighted by Gasteiger charge is -2.38. The minimum absolute atomic E-state index is 0.0369. The second kappa shape index (κ2) is 7.37. The van der Waals surface area contributed by atoms with E-state index in [0.717, 1.165) is 44.3 Å². The van der Waals surface area contributed by atoms with Gasteiger partial charge in [0, 0.05) is 25.7 Å². The normalized spacial score (nSPS) is 28.4. The lowest BCUT2D eigenvalue weighted by atomic mass is 9.74. The fraction of sp³-hybridized carbons (Fsp3) is 0.600. The summed E-state index contributed by atoms with van der Waals surface area (Å²) < 4.78 is 5.42. The van der Waals surface area contributed by atoms with Crippen molar-refractivity contribution in [2.45, 2.75) is 43.7 Å². The molecule has 3 aliphatic heterocycles. The van der Waals surface area contributed by atoms with Gasteiger partial charge in [0.2, 0.25) is 0 Å². The highest BCUT2D eigenvalue weighted by Crippen LogP contribution is 2.37. The molecule has 1 aromatic rings. The Morgan fingerprint density at radius 1 is 1.04 bits per heavy atom. The third kappa shape index (κ3) is 3.12. The summed E-state index contributed by atoms with van der Waals surface area (Å²) >= 11 is 0. The third-order valence-corrected chi connectivity index (χ3v) is 6.07. The highest BCUT2D eigenvalue weighted by molar-refractivity contribution is 6.07. The van der Waals surface area contributed by atoms with Crippen molar-refractivity contribution in [1.82, 2.24) is 15.5 Å². The number of amides is 3. The van der Waals surface area contributed by atoms with Crippen LogP contribution in [0.15, 0.2) is 30.3 Å². The molecule has 3 fully saturated rings. The van der Waals surface area contributed by atoms with E-state index in [9.17, 15) is 9.59 Å². The van der Waals surface area contributed by atoms with E-state index in [0.29, 0.717) is 19.6 Å². The van der Waals surface area contributed by atoms with E-state index >= 15 is 0 Å². The topological polar surface area (TPSA) is 70.7 Å². The Bertz CT molecular complexity index is 654. The number of carbonyl (C=O) groups excluding carboxylic acids is 2. The molecule has 1 unspecified atom stereocenters. The zero-order valence-electron chi connectivity index (χ0n) is 15.1. The maximum atomic E-state index is 13.6. The van der Waals surface area contributed by atoms with Crippen LogP contribution in [0, 0.1) is 5.92 Å². The van der Waals surface area contributed by atoms with Crippen LogP contribution in [-0.2, 0) is 16.0 Å². The highest BCUT2D eigenvalue weighted by atomic mass is 16.5. The number of hydrogen-bond donors (Lipinski definition) is 2. The zero-order chi connectivity index (χ0) is 18.0. The average Bonchev–Trinajstić information content (AvgIpc) is 2.94. The summed E-state index contributed by atoms with van der Waals surface area (Å²) in [5, 5.41) is 6.52. The summed E-state index contributed by atoms with van der Waals surface area (Å²) in [7, 11) is 0. The Morgan fingerprint density at radius 2 is 1.73 bits per heavy atom. The summed E-state index contributed by atoms with van der Waals surface area (Å²) in [6.45, 7) is 3.00. The number of nitrogens with zero attached hydrogens (tertiary/aromatic N) is 1. The van der Waals surface area contributed by atoms with Gasteiger partial charge in [-0.3, -0.25) is 9.69 Å². The van der Waals surface area contributed by atoms with E-state index in [1.165, 1.54) is 4.90 Å². The maximum absolute atomic E-state index is 13.6. The summed E-state index contributed by atoms with van der Waals surface area (Å²) in [5.74, 6) is 0.121. The van der Waals surface area contributed by atoms with Crippen molar-refractivity contribution in [3.63, 3.8) is 0 Å². The van der Waals surface area contributed by atoms with Gasteiger partial charge in [-0.25, -0.2) is 4.79 Å². The van der Waals surface area contributed by atoms with Gasteiger partial charge >= 0.3 is 6.03 Å². The quantitative estimate of drug-likeness (QED) is 0.805. The number of imide groups is 1. The second-order valence-corrected chi connectivity index (χ2v) is 7.61. The van der Waals surface area contributed by atoms with Gasteiger partial charge in [-0.2, -0.15) is 0 Å². The van der Waals surface area contributed by atoms with Crippen LogP contribution in [0.5, 0.6) is 0 Å². The van der Waals surface area contributed by atoms with Crippen molar-refractivity contribution in [1.29, 1.82) is 0 Å². The molecule has 0 saturated carbocycles. The van der Waals surface area contributed by atoms with Gasteiger partial charge in [-0.15, -0.1) is 0 Å². The number of urea groups is 1. The number of benzene rings is 1. The van der Waals surface area contributed by atoms with E-state index < -0.39 is 5.54 Å². The van der Waals surface area contributed by atoms with Gasteiger partial charge in [0.1, 0.15) is 5.54 Å². The standard InChI is InChI=1S/C20H27N3O3/c24-18-20(16-6-10-21-11-7-16,14-15-4-2-1-3-5-15)22-19(25)23(18)17-8-12-26-13-9-17/h1-5,16-17,21H,6-14H2,(H,22,25). The summed E-state index contributed by atoms with van der Waals surface area (Å²) in [4.78, 5) is 28.0. The summed E-state index contributed by atoms with van der Waals surface area (Å²) in [5.41, 5.74) is 0.271. The van der Waals surface area contributed by atoms with Crippen molar-refractivity contribution in [2.75, 3.05) is 26.3 Å². The van der Waals surface area contributed by atoms with Gasteiger partial charge in [0.05, 0.1) is 0 Å². The van der Waals surface area contributed by atoms with Crippen LogP contribution in [0.3, 0.4) is 0 Å². The van der Waals surface area contributed by atoms with Gasteiger partial charge < -0.3 is 15.4 Å². The summed E-state index contributed by atoms with van der Waals surface area (Å²) in [6, 6.07) is 9.77. The lowest BCUT2D eigenvalue weighted by molar-refractivity contribution is -0.136. The van der Waals surface area contributed by atoms with Crippen LogP contribution in [0.2, 0.25) is 0 Å². The Balaban J connectivity index is 1.66. The van der Waals surface area contributed by atoms with Crippen LogP contribution in [0.25, 0.3) is 0 Å². The number of rotatable bonds is 4. The molecule has 0 radical (unpaired) electrons. The van der Waals surface area contributed by atoms with E-state index in [1.807, 2.05) is 30.3 Å². The van der Waals surface area contributed by atoms with Crippen molar-refractivity contribution >= 4 is 11.9 Å². The first-order valence-corrected chi connectivity index (χ1v) is 9.69. The molecule has 3 aliphatic rings. The molecule has 0 bridgehead atoms. The van der Waals surface area contributed by atoms with Crippen LogP contribution in [0.4, 0.5) is 4.79 Å². The predicted molar refractivity (Wildman–Crippen MR) is 97.7 cm³/mol. The van der Waals surface area contributed by atoms with Crippen molar-refractivity contribution in [3.8, 4) is 0 Å². The Labute approximate surface area is 154 Å². The molecule has 3 amide bonds. The summed E-state index contributed by atoms with van der Waals surface area (Å²) in [6.07, 6.45) is 3.82. The molecular formula is C20H27N3O3. The van der Waals surface area contributed by atoms with E-state index in [2.05, 4.69) is 10.6 Å². The number of carbonyl (C=O) groups is 2. The molecule has 3 heterocycles. The lowest BCUT2D eigenvalue weighted by Crippen LogP contribution is -2.57. The molecule has 1 atom stereocenters.